The SMILES string of the molecule is CCCCCCCOC(=O)CCCCC(=O)O.CCCCCCCOC(=O)CCCCC(=O)O. The van der Waals surface area contributed by atoms with Crippen LogP contribution in [-0.4, -0.2) is 47.3 Å². The van der Waals surface area contributed by atoms with Crippen LogP contribution in [0.4, 0.5) is 0 Å². The van der Waals surface area contributed by atoms with E-state index in [1.807, 2.05) is 0 Å². The fraction of sp³-hybridized carbons (Fsp3) is 0.846. The lowest BCUT2D eigenvalue weighted by Gasteiger charge is -2.04. The summed E-state index contributed by atoms with van der Waals surface area (Å²) in [6.45, 7) is 5.33. The molecule has 34 heavy (non-hydrogen) atoms. The van der Waals surface area contributed by atoms with Gasteiger partial charge in [0.05, 0.1) is 13.2 Å². The van der Waals surface area contributed by atoms with Crippen LogP contribution in [0.3, 0.4) is 0 Å². The number of ether oxygens (including phenoxy) is 2. The van der Waals surface area contributed by atoms with Crippen molar-refractivity contribution in [3.63, 3.8) is 0 Å². The molecule has 0 radical (unpaired) electrons. The molecule has 0 aliphatic heterocycles. The molecule has 2 N–H and O–H groups in total. The highest BCUT2D eigenvalue weighted by Crippen LogP contribution is 2.06. The second-order valence-electron chi connectivity index (χ2n) is 8.47. The fourth-order valence-electron chi connectivity index (χ4n) is 3.02. The van der Waals surface area contributed by atoms with Gasteiger partial charge in [-0.05, 0) is 38.5 Å². The summed E-state index contributed by atoms with van der Waals surface area (Å²) >= 11 is 0. The zero-order chi connectivity index (χ0) is 25.9. The molecule has 0 rings (SSSR count). The lowest BCUT2D eigenvalue weighted by molar-refractivity contribution is -0.145. The Kier molecular flexibility index (Phi) is 27.2. The van der Waals surface area contributed by atoms with E-state index < -0.39 is 11.9 Å². The van der Waals surface area contributed by atoms with Gasteiger partial charge in [-0.15, -0.1) is 0 Å². The number of carboxylic acid groups (broad SMARTS) is 2. The highest BCUT2D eigenvalue weighted by molar-refractivity contribution is 5.70. The molecule has 0 spiro atoms. The Morgan fingerprint density at radius 2 is 0.794 bits per heavy atom. The first kappa shape index (κ1) is 34.0. The average molecular weight is 489 g/mol. The molecule has 200 valence electrons. The maximum Gasteiger partial charge on any atom is 0.305 e. The molecular weight excluding hydrogens is 440 g/mol. The minimum Gasteiger partial charge on any atom is -0.481 e. The van der Waals surface area contributed by atoms with Gasteiger partial charge in [0, 0.05) is 25.7 Å². The van der Waals surface area contributed by atoms with Crippen LogP contribution in [0.2, 0.25) is 0 Å². The summed E-state index contributed by atoms with van der Waals surface area (Å²) in [5.74, 6) is -2.03. The van der Waals surface area contributed by atoms with E-state index in [0.717, 1.165) is 25.7 Å². The Hall–Kier alpha value is -2.12. The highest BCUT2D eigenvalue weighted by atomic mass is 16.5. The van der Waals surface area contributed by atoms with Crippen molar-refractivity contribution in [3.05, 3.63) is 0 Å². The Morgan fingerprint density at radius 1 is 0.471 bits per heavy atom. The Balaban J connectivity index is 0. The molecule has 0 bridgehead atoms. The van der Waals surface area contributed by atoms with Crippen LogP contribution in [0.15, 0.2) is 0 Å². The summed E-state index contributed by atoms with van der Waals surface area (Å²) < 4.78 is 10.1. The largest absolute Gasteiger partial charge is 0.481 e. The van der Waals surface area contributed by atoms with Crippen LogP contribution in [0.1, 0.15) is 129 Å². The summed E-state index contributed by atoms with van der Waals surface area (Å²) in [4.78, 5) is 42.9. The summed E-state index contributed by atoms with van der Waals surface area (Å²) in [6.07, 6.45) is 14.6. The minimum absolute atomic E-state index is 0.129. The van der Waals surface area contributed by atoms with E-state index >= 15 is 0 Å². The third kappa shape index (κ3) is 32.1. The van der Waals surface area contributed by atoms with Crippen molar-refractivity contribution in [1.82, 2.24) is 0 Å². The third-order valence-corrected chi connectivity index (χ3v) is 5.06. The molecule has 0 aromatic rings. The number of aliphatic carboxylic acids is 2. The van der Waals surface area contributed by atoms with Crippen LogP contribution in [-0.2, 0) is 28.7 Å². The predicted octanol–water partition coefficient (Wildman–Crippen LogP) is 6.29. The number of unbranched alkanes of at least 4 members (excludes halogenated alkanes) is 10. The molecule has 0 fully saturated rings. The Labute approximate surface area is 205 Å². The molecule has 0 saturated heterocycles. The van der Waals surface area contributed by atoms with Crippen molar-refractivity contribution >= 4 is 23.9 Å². The van der Waals surface area contributed by atoms with Gasteiger partial charge < -0.3 is 19.7 Å². The number of carboxylic acids is 2. The van der Waals surface area contributed by atoms with E-state index in [0.29, 0.717) is 51.7 Å². The van der Waals surface area contributed by atoms with Crippen LogP contribution in [0.25, 0.3) is 0 Å². The quantitative estimate of drug-likeness (QED) is 0.134. The molecule has 0 aliphatic carbocycles. The summed E-state index contributed by atoms with van der Waals surface area (Å²) in [5, 5.41) is 16.8. The van der Waals surface area contributed by atoms with Gasteiger partial charge in [-0.2, -0.15) is 0 Å². The lowest BCUT2D eigenvalue weighted by Crippen LogP contribution is -2.06. The lowest BCUT2D eigenvalue weighted by atomic mass is 10.2. The van der Waals surface area contributed by atoms with Gasteiger partial charge in [0.25, 0.3) is 0 Å². The van der Waals surface area contributed by atoms with Crippen LogP contribution in [0, 0.1) is 0 Å². The highest BCUT2D eigenvalue weighted by Gasteiger charge is 2.05. The van der Waals surface area contributed by atoms with E-state index in [1.165, 1.54) is 38.5 Å². The van der Waals surface area contributed by atoms with Gasteiger partial charge in [-0.3, -0.25) is 19.2 Å². The molecule has 8 heteroatoms. The molecule has 0 aliphatic rings. The molecule has 0 amide bonds. The van der Waals surface area contributed by atoms with E-state index in [4.69, 9.17) is 19.7 Å². The molecular formula is C26H48O8. The predicted molar refractivity (Wildman–Crippen MR) is 132 cm³/mol. The van der Waals surface area contributed by atoms with Gasteiger partial charge in [0.15, 0.2) is 0 Å². The second-order valence-corrected chi connectivity index (χ2v) is 8.47. The maximum atomic E-state index is 11.2. The van der Waals surface area contributed by atoms with E-state index in [9.17, 15) is 19.2 Å². The van der Waals surface area contributed by atoms with Gasteiger partial charge in [0.2, 0.25) is 0 Å². The molecule has 0 aromatic carbocycles. The summed E-state index contributed by atoms with van der Waals surface area (Å²) in [7, 11) is 0. The molecule has 0 aromatic heterocycles. The smallest absolute Gasteiger partial charge is 0.305 e. The van der Waals surface area contributed by atoms with Gasteiger partial charge in [-0.1, -0.05) is 65.2 Å². The van der Waals surface area contributed by atoms with Gasteiger partial charge >= 0.3 is 23.9 Å². The second kappa shape index (κ2) is 27.1. The van der Waals surface area contributed by atoms with Crippen LogP contribution >= 0.6 is 0 Å². The van der Waals surface area contributed by atoms with Crippen molar-refractivity contribution in [1.29, 1.82) is 0 Å². The molecule has 0 saturated carbocycles. The summed E-state index contributed by atoms with van der Waals surface area (Å²) in [6, 6.07) is 0. The van der Waals surface area contributed by atoms with E-state index in [2.05, 4.69) is 13.8 Å². The zero-order valence-electron chi connectivity index (χ0n) is 21.5. The standard InChI is InChI=1S/2C13H24O4/c2*1-2-3-4-5-8-11-17-13(16)10-7-6-9-12(14)15/h2*2-11H2,1H3,(H,14,15). The number of carbonyl (C=O) groups excluding carboxylic acids is 2. The first-order valence-corrected chi connectivity index (χ1v) is 13.1. The summed E-state index contributed by atoms with van der Waals surface area (Å²) in [5.41, 5.74) is 0. The number of hydrogen-bond acceptors (Lipinski definition) is 6. The monoisotopic (exact) mass is 488 g/mol. The van der Waals surface area contributed by atoms with Crippen LogP contribution < -0.4 is 0 Å². The normalized spacial score (nSPS) is 10.2. The third-order valence-electron chi connectivity index (χ3n) is 5.06. The first-order chi connectivity index (χ1) is 16.3. The number of esters is 2. The maximum absolute atomic E-state index is 11.2. The van der Waals surface area contributed by atoms with Crippen molar-refractivity contribution in [2.75, 3.05) is 13.2 Å². The van der Waals surface area contributed by atoms with Gasteiger partial charge in [-0.25, -0.2) is 0 Å². The van der Waals surface area contributed by atoms with Crippen LogP contribution in [0.5, 0.6) is 0 Å². The van der Waals surface area contributed by atoms with E-state index in [1.54, 1.807) is 0 Å². The Morgan fingerprint density at radius 3 is 1.12 bits per heavy atom. The van der Waals surface area contributed by atoms with Crippen molar-refractivity contribution in [2.24, 2.45) is 0 Å². The molecule has 0 unspecified atom stereocenters. The van der Waals surface area contributed by atoms with Crippen molar-refractivity contribution in [3.8, 4) is 0 Å². The number of rotatable bonds is 22. The van der Waals surface area contributed by atoms with Gasteiger partial charge in [0.1, 0.15) is 0 Å². The first-order valence-electron chi connectivity index (χ1n) is 13.1. The average Bonchev–Trinajstić information content (AvgIpc) is 2.79. The topological polar surface area (TPSA) is 127 Å². The molecule has 0 atom stereocenters. The molecule has 8 nitrogen and oxygen atoms in total. The minimum atomic E-state index is -0.811. The zero-order valence-corrected chi connectivity index (χ0v) is 21.5. The van der Waals surface area contributed by atoms with Crippen molar-refractivity contribution in [2.45, 2.75) is 129 Å². The molecule has 0 heterocycles. The number of hydrogen-bond donors (Lipinski definition) is 2. The van der Waals surface area contributed by atoms with E-state index in [-0.39, 0.29) is 24.8 Å². The Bertz CT molecular complexity index is 473. The number of carbonyl (C=O) groups is 4. The van der Waals surface area contributed by atoms with Crippen molar-refractivity contribution < 1.29 is 38.9 Å². The fourth-order valence-corrected chi connectivity index (χ4v) is 3.02.